The normalized spacial score (nSPS) is 23.0. The molecule has 2 amide bonds. The summed E-state index contributed by atoms with van der Waals surface area (Å²) in [5.41, 5.74) is -3.23. The Hall–Kier alpha value is -3.48. The van der Waals surface area contributed by atoms with E-state index >= 15 is 0 Å². The van der Waals surface area contributed by atoms with Gasteiger partial charge in [0.15, 0.2) is 11.4 Å². The summed E-state index contributed by atoms with van der Waals surface area (Å²) in [6.45, 7) is 0.142. The number of ether oxygens (including phenoxy) is 1. The van der Waals surface area contributed by atoms with Crippen molar-refractivity contribution in [2.45, 2.75) is 44.0 Å². The molecule has 3 unspecified atom stereocenters. The average molecular weight is 501 g/mol. The molecule has 1 saturated heterocycles. The number of rotatable bonds is 4. The molecule has 2 N–H and O–H groups in total. The first kappa shape index (κ1) is 24.6. The van der Waals surface area contributed by atoms with Gasteiger partial charge < -0.3 is 24.6 Å². The average Bonchev–Trinajstić information content (AvgIpc) is 2.86. The van der Waals surface area contributed by atoms with Crippen molar-refractivity contribution in [3.05, 3.63) is 62.8 Å². The van der Waals surface area contributed by atoms with Crippen LogP contribution in [0, 0.1) is 17.5 Å². The zero-order chi connectivity index (χ0) is 25.8. The molecule has 1 aromatic carbocycles. The summed E-state index contributed by atoms with van der Waals surface area (Å²) < 4.78 is 76.6. The third kappa shape index (κ3) is 4.03. The van der Waals surface area contributed by atoms with E-state index < -0.39 is 94.3 Å². The van der Waals surface area contributed by atoms with Crippen molar-refractivity contribution in [3.63, 3.8) is 0 Å². The van der Waals surface area contributed by atoms with Gasteiger partial charge in [-0.15, -0.1) is 0 Å². The molecule has 4 rings (SSSR count). The molecule has 1 fully saturated rings. The van der Waals surface area contributed by atoms with Gasteiger partial charge in [-0.3, -0.25) is 14.4 Å². The van der Waals surface area contributed by atoms with E-state index in [9.17, 15) is 41.4 Å². The predicted octanol–water partition coefficient (Wildman–Crippen LogP) is 2.34. The molecule has 2 aromatic rings. The van der Waals surface area contributed by atoms with E-state index in [4.69, 9.17) is 4.74 Å². The monoisotopic (exact) mass is 501 g/mol. The van der Waals surface area contributed by atoms with Crippen LogP contribution in [-0.2, 0) is 11.3 Å². The zero-order valence-electron chi connectivity index (χ0n) is 18.4. The number of halogens is 5. The SMILES string of the molecule is COC1CC(F)(F)C(C)N2CC1n1cc(C(=O)NCc3c(F)cc(F)cc3F)c(=O)c(O)c1C2=O. The van der Waals surface area contributed by atoms with Crippen LogP contribution in [0.15, 0.2) is 23.1 Å². The number of fused-ring (bicyclic) bond motifs is 4. The highest BCUT2D eigenvalue weighted by molar-refractivity contribution is 5.99. The first-order valence-corrected chi connectivity index (χ1v) is 10.5. The van der Waals surface area contributed by atoms with Crippen LogP contribution in [0.25, 0.3) is 0 Å². The summed E-state index contributed by atoms with van der Waals surface area (Å²) >= 11 is 0. The molecule has 0 saturated carbocycles. The lowest BCUT2D eigenvalue weighted by Crippen LogP contribution is -2.52. The number of aromatic hydroxyl groups is 1. The molecule has 3 heterocycles. The van der Waals surface area contributed by atoms with Crippen LogP contribution in [0.3, 0.4) is 0 Å². The van der Waals surface area contributed by atoms with E-state index in [0.717, 1.165) is 22.6 Å². The largest absolute Gasteiger partial charge is 0.503 e. The van der Waals surface area contributed by atoms with Crippen LogP contribution in [0.4, 0.5) is 22.0 Å². The van der Waals surface area contributed by atoms with Crippen molar-refractivity contribution >= 4 is 11.8 Å². The number of carbonyl (C=O) groups excluding carboxylic acids is 2. The summed E-state index contributed by atoms with van der Waals surface area (Å²) in [6, 6.07) is -1.71. The fraction of sp³-hybridized carbons (Fsp3) is 0.409. The Morgan fingerprint density at radius 3 is 2.46 bits per heavy atom. The van der Waals surface area contributed by atoms with Crippen molar-refractivity contribution < 1.29 is 41.4 Å². The van der Waals surface area contributed by atoms with Gasteiger partial charge in [-0.25, -0.2) is 22.0 Å². The van der Waals surface area contributed by atoms with E-state index in [1.54, 1.807) is 0 Å². The number of methoxy groups -OCH3 is 1. The Bertz CT molecular complexity index is 1260. The quantitative estimate of drug-likeness (QED) is 0.627. The third-order valence-corrected chi connectivity index (χ3v) is 6.48. The van der Waals surface area contributed by atoms with Crippen molar-refractivity contribution in [3.8, 4) is 5.75 Å². The van der Waals surface area contributed by atoms with E-state index in [1.165, 1.54) is 7.11 Å². The molecule has 188 valence electrons. The van der Waals surface area contributed by atoms with Gasteiger partial charge in [-0.2, -0.15) is 0 Å². The van der Waals surface area contributed by atoms with Gasteiger partial charge in [-0.1, -0.05) is 0 Å². The molecular formula is C22H20F5N3O5. The van der Waals surface area contributed by atoms with Gasteiger partial charge in [0.1, 0.15) is 23.0 Å². The standard InChI is InChI=1S/C22H20F5N3O5/c1-9-22(26,27)5-16(35-2)15-8-29(9)21(34)17-19(32)18(31)12(7-30(15)17)20(33)28-6-11-13(24)3-10(23)4-14(11)25/h3-4,7,9,15-16,32H,5-6,8H2,1-2H3,(H,28,33). The topological polar surface area (TPSA) is 101 Å². The van der Waals surface area contributed by atoms with Crippen LogP contribution in [-0.4, -0.2) is 58.1 Å². The number of nitrogens with zero attached hydrogens (tertiary/aromatic N) is 2. The Labute approximate surface area is 194 Å². The fourth-order valence-electron chi connectivity index (χ4n) is 4.44. The highest BCUT2D eigenvalue weighted by Gasteiger charge is 2.53. The molecule has 0 radical (unpaired) electrons. The minimum Gasteiger partial charge on any atom is -0.503 e. The first-order valence-electron chi connectivity index (χ1n) is 10.5. The molecule has 8 nitrogen and oxygen atoms in total. The molecule has 35 heavy (non-hydrogen) atoms. The summed E-state index contributed by atoms with van der Waals surface area (Å²) in [5.74, 6) is -10.4. The molecule has 2 aliphatic heterocycles. The van der Waals surface area contributed by atoms with Gasteiger partial charge in [-0.05, 0) is 6.92 Å². The second-order valence-corrected chi connectivity index (χ2v) is 8.45. The van der Waals surface area contributed by atoms with Crippen LogP contribution >= 0.6 is 0 Å². The Morgan fingerprint density at radius 2 is 1.86 bits per heavy atom. The predicted molar refractivity (Wildman–Crippen MR) is 110 cm³/mol. The second-order valence-electron chi connectivity index (χ2n) is 8.45. The molecule has 1 aromatic heterocycles. The highest BCUT2D eigenvalue weighted by Crippen LogP contribution is 2.41. The minimum atomic E-state index is -3.34. The lowest BCUT2D eigenvalue weighted by molar-refractivity contribution is -0.0849. The molecule has 3 atom stereocenters. The maximum absolute atomic E-state index is 14.7. The maximum Gasteiger partial charge on any atom is 0.275 e. The molecule has 2 aliphatic rings. The maximum atomic E-state index is 14.7. The second kappa shape index (κ2) is 8.63. The van der Waals surface area contributed by atoms with Crippen LogP contribution in [0.2, 0.25) is 0 Å². The number of hydrogen-bond donors (Lipinski definition) is 2. The van der Waals surface area contributed by atoms with E-state index in [-0.39, 0.29) is 6.54 Å². The number of benzene rings is 1. The van der Waals surface area contributed by atoms with Crippen molar-refractivity contribution in [1.29, 1.82) is 0 Å². The summed E-state index contributed by atoms with van der Waals surface area (Å²) in [4.78, 5) is 39.2. The van der Waals surface area contributed by atoms with E-state index in [0.29, 0.717) is 12.1 Å². The van der Waals surface area contributed by atoms with Gasteiger partial charge in [0.25, 0.3) is 17.7 Å². The molecule has 13 heteroatoms. The number of alkyl halides is 2. The number of amides is 2. The van der Waals surface area contributed by atoms with Gasteiger partial charge in [0, 0.05) is 50.5 Å². The van der Waals surface area contributed by atoms with Gasteiger partial charge >= 0.3 is 0 Å². The van der Waals surface area contributed by atoms with E-state index in [2.05, 4.69) is 5.32 Å². The van der Waals surface area contributed by atoms with Gasteiger partial charge in [0.2, 0.25) is 5.43 Å². The number of carbonyl (C=O) groups is 2. The Balaban J connectivity index is 1.74. The molecule has 0 aliphatic carbocycles. The zero-order valence-corrected chi connectivity index (χ0v) is 18.4. The molecule has 2 bridgehead atoms. The number of aromatic nitrogens is 1. The lowest BCUT2D eigenvalue weighted by Gasteiger charge is -2.38. The fourth-order valence-corrected chi connectivity index (χ4v) is 4.44. The number of pyridine rings is 1. The lowest BCUT2D eigenvalue weighted by atomic mass is 10.0. The van der Waals surface area contributed by atoms with Crippen molar-refractivity contribution in [2.24, 2.45) is 0 Å². The third-order valence-electron chi connectivity index (χ3n) is 6.48. The van der Waals surface area contributed by atoms with Crippen LogP contribution < -0.4 is 10.7 Å². The number of hydrogen-bond acceptors (Lipinski definition) is 5. The summed E-state index contributed by atoms with van der Waals surface area (Å²) in [7, 11) is 1.19. The summed E-state index contributed by atoms with van der Waals surface area (Å²) in [5, 5.41) is 12.6. The van der Waals surface area contributed by atoms with Crippen LogP contribution in [0.1, 0.15) is 45.8 Å². The molecule has 0 spiro atoms. The van der Waals surface area contributed by atoms with Crippen LogP contribution in [0.5, 0.6) is 5.75 Å². The van der Waals surface area contributed by atoms with Crippen molar-refractivity contribution in [1.82, 2.24) is 14.8 Å². The highest BCUT2D eigenvalue weighted by atomic mass is 19.3. The minimum absolute atomic E-state index is 0.240. The smallest absolute Gasteiger partial charge is 0.275 e. The number of nitrogens with one attached hydrogen (secondary N) is 1. The first-order chi connectivity index (χ1) is 16.4. The van der Waals surface area contributed by atoms with Crippen molar-refractivity contribution in [2.75, 3.05) is 13.7 Å². The van der Waals surface area contributed by atoms with E-state index in [1.807, 2.05) is 0 Å². The molecular weight excluding hydrogens is 481 g/mol. The Kier molecular flexibility index (Phi) is 6.07. The summed E-state index contributed by atoms with van der Waals surface area (Å²) in [6.07, 6.45) is -0.996. The van der Waals surface area contributed by atoms with Gasteiger partial charge in [0.05, 0.1) is 18.2 Å². The Morgan fingerprint density at radius 1 is 1.23 bits per heavy atom.